The van der Waals surface area contributed by atoms with Crippen LogP contribution in [0.4, 0.5) is 5.82 Å². The molecule has 2 aromatic rings. The number of nitrogen functional groups attached to an aromatic ring is 1. The van der Waals surface area contributed by atoms with Crippen molar-refractivity contribution in [1.29, 1.82) is 0 Å². The lowest BCUT2D eigenvalue weighted by molar-refractivity contribution is 1.01. The van der Waals surface area contributed by atoms with E-state index in [1.165, 1.54) is 11.8 Å². The summed E-state index contributed by atoms with van der Waals surface area (Å²) in [6, 6.07) is 0. The molecule has 0 aromatic carbocycles. The summed E-state index contributed by atoms with van der Waals surface area (Å²) in [7, 11) is 0. The highest BCUT2D eigenvalue weighted by Crippen LogP contribution is 2.20. The predicted molar refractivity (Wildman–Crippen MR) is 45.7 cm³/mol. The van der Waals surface area contributed by atoms with Crippen LogP contribution in [0.15, 0.2) is 28.9 Å². The lowest BCUT2D eigenvalue weighted by Gasteiger charge is -1.89. The van der Waals surface area contributed by atoms with Crippen LogP contribution in [0.2, 0.25) is 0 Å². The van der Waals surface area contributed by atoms with Crippen LogP contribution in [0, 0.1) is 0 Å². The van der Waals surface area contributed by atoms with Crippen LogP contribution < -0.4 is 5.73 Å². The van der Waals surface area contributed by atoms with E-state index in [9.17, 15) is 0 Å². The molecule has 5 nitrogen and oxygen atoms in total. The van der Waals surface area contributed by atoms with Crippen LogP contribution in [0.3, 0.4) is 0 Å². The van der Waals surface area contributed by atoms with E-state index in [-0.39, 0.29) is 0 Å². The zero-order chi connectivity index (χ0) is 8.39. The van der Waals surface area contributed by atoms with Crippen molar-refractivity contribution in [2.75, 3.05) is 5.73 Å². The number of rotatable bonds is 2. The third-order valence-electron chi connectivity index (χ3n) is 1.24. The normalized spacial score (nSPS) is 10.3. The first-order valence-electron chi connectivity index (χ1n) is 3.32. The fraction of sp³-hybridized carbons (Fsp3) is 0. The third kappa shape index (κ3) is 1.42. The van der Waals surface area contributed by atoms with Crippen LogP contribution in [0.25, 0.3) is 0 Å². The molecule has 0 fully saturated rings. The number of nitrogens with zero attached hydrogens (tertiary/aromatic N) is 2. The fourth-order valence-electron chi connectivity index (χ4n) is 0.766. The molecule has 0 radical (unpaired) electrons. The van der Waals surface area contributed by atoms with E-state index >= 15 is 0 Å². The maximum Gasteiger partial charge on any atom is 0.174 e. The second-order valence-electron chi connectivity index (χ2n) is 2.14. The van der Waals surface area contributed by atoms with Crippen LogP contribution in [0.1, 0.15) is 0 Å². The van der Waals surface area contributed by atoms with Gasteiger partial charge in [0, 0.05) is 12.4 Å². The standard InChI is InChI=1S/C6H7N5S/c7-4-3-10-6(11-4)12-5-8-1-2-9-5/h1-3H,7H2,(H,8,9)(H,10,11). The molecule has 6 heteroatoms. The van der Waals surface area contributed by atoms with E-state index in [1.807, 2.05) is 0 Å². The maximum atomic E-state index is 5.45. The molecule has 0 saturated carbocycles. The summed E-state index contributed by atoms with van der Waals surface area (Å²) in [6.45, 7) is 0. The van der Waals surface area contributed by atoms with Gasteiger partial charge in [-0.15, -0.1) is 0 Å². The third-order valence-corrected chi connectivity index (χ3v) is 2.06. The van der Waals surface area contributed by atoms with E-state index in [0.29, 0.717) is 5.82 Å². The summed E-state index contributed by atoms with van der Waals surface area (Å²) in [6.07, 6.45) is 5.02. The van der Waals surface area contributed by atoms with E-state index in [1.54, 1.807) is 18.6 Å². The lowest BCUT2D eigenvalue weighted by atomic mass is 10.8. The lowest BCUT2D eigenvalue weighted by Crippen LogP contribution is -1.82. The van der Waals surface area contributed by atoms with Gasteiger partial charge in [-0.05, 0) is 11.8 Å². The van der Waals surface area contributed by atoms with Crippen LogP contribution in [0.5, 0.6) is 0 Å². The minimum atomic E-state index is 0.559. The summed E-state index contributed by atoms with van der Waals surface area (Å²) < 4.78 is 0. The van der Waals surface area contributed by atoms with Crippen molar-refractivity contribution >= 4 is 17.6 Å². The number of aromatic nitrogens is 4. The number of hydrogen-bond donors (Lipinski definition) is 3. The first kappa shape index (κ1) is 7.23. The van der Waals surface area contributed by atoms with Crippen molar-refractivity contribution in [2.24, 2.45) is 0 Å². The molecule has 0 saturated heterocycles. The van der Waals surface area contributed by atoms with E-state index in [4.69, 9.17) is 5.73 Å². The summed E-state index contributed by atoms with van der Waals surface area (Å²) in [5, 5.41) is 1.53. The topological polar surface area (TPSA) is 83.4 Å². The molecule has 12 heavy (non-hydrogen) atoms. The highest BCUT2D eigenvalue weighted by Gasteiger charge is 2.01. The monoisotopic (exact) mass is 181 g/mol. The van der Waals surface area contributed by atoms with Gasteiger partial charge in [0.25, 0.3) is 0 Å². The SMILES string of the molecule is Nc1cnc(Sc2ncc[nH]2)[nH]1. The molecule has 0 aliphatic heterocycles. The molecule has 0 amide bonds. The smallest absolute Gasteiger partial charge is 0.174 e. The van der Waals surface area contributed by atoms with E-state index in [2.05, 4.69) is 19.9 Å². The number of imidazole rings is 2. The molecule has 2 heterocycles. The van der Waals surface area contributed by atoms with Crippen molar-refractivity contribution < 1.29 is 0 Å². The number of nitrogens with one attached hydrogen (secondary N) is 2. The Morgan fingerprint density at radius 2 is 2.25 bits per heavy atom. The first-order chi connectivity index (χ1) is 5.84. The Bertz CT molecular complexity index is 352. The van der Waals surface area contributed by atoms with Crippen LogP contribution in [-0.2, 0) is 0 Å². The second kappa shape index (κ2) is 2.90. The van der Waals surface area contributed by atoms with Crippen molar-refractivity contribution in [3.63, 3.8) is 0 Å². The Labute approximate surface area is 72.8 Å². The summed E-state index contributed by atoms with van der Waals surface area (Å²) in [5.74, 6) is 0.559. The summed E-state index contributed by atoms with van der Waals surface area (Å²) in [5.41, 5.74) is 5.45. The van der Waals surface area contributed by atoms with E-state index < -0.39 is 0 Å². The van der Waals surface area contributed by atoms with Gasteiger partial charge in [0.05, 0.1) is 6.20 Å². The molecule has 0 aliphatic rings. The molecule has 0 bridgehead atoms. The van der Waals surface area contributed by atoms with Gasteiger partial charge in [0.15, 0.2) is 10.3 Å². The number of aromatic amines is 2. The van der Waals surface area contributed by atoms with Crippen molar-refractivity contribution in [2.45, 2.75) is 10.3 Å². The minimum absolute atomic E-state index is 0.559. The highest BCUT2D eigenvalue weighted by molar-refractivity contribution is 7.99. The zero-order valence-electron chi connectivity index (χ0n) is 6.11. The summed E-state index contributed by atoms with van der Waals surface area (Å²) in [4.78, 5) is 13.9. The molecule has 0 aliphatic carbocycles. The highest BCUT2D eigenvalue weighted by atomic mass is 32.2. The Morgan fingerprint density at radius 1 is 1.33 bits per heavy atom. The second-order valence-corrected chi connectivity index (χ2v) is 3.12. The van der Waals surface area contributed by atoms with Gasteiger partial charge in [-0.1, -0.05) is 0 Å². The molecule has 2 aromatic heterocycles. The van der Waals surface area contributed by atoms with Crippen LogP contribution in [-0.4, -0.2) is 19.9 Å². The number of hydrogen-bond acceptors (Lipinski definition) is 4. The van der Waals surface area contributed by atoms with Gasteiger partial charge < -0.3 is 15.7 Å². The maximum absolute atomic E-state index is 5.45. The van der Waals surface area contributed by atoms with Gasteiger partial charge in [-0.3, -0.25) is 0 Å². The Balaban J connectivity index is 2.14. The number of nitrogens with two attached hydrogens (primary N) is 1. The average molecular weight is 181 g/mol. The number of H-pyrrole nitrogens is 2. The van der Waals surface area contributed by atoms with Gasteiger partial charge in [-0.2, -0.15) is 0 Å². The minimum Gasteiger partial charge on any atom is -0.384 e. The average Bonchev–Trinajstić information content (AvgIpc) is 2.63. The molecule has 4 N–H and O–H groups in total. The molecule has 0 unspecified atom stereocenters. The quantitative estimate of drug-likeness (QED) is 0.641. The van der Waals surface area contributed by atoms with Gasteiger partial charge >= 0.3 is 0 Å². The molecule has 0 atom stereocenters. The van der Waals surface area contributed by atoms with Crippen molar-refractivity contribution in [3.8, 4) is 0 Å². The van der Waals surface area contributed by atoms with Gasteiger partial charge in [0.1, 0.15) is 5.82 Å². The van der Waals surface area contributed by atoms with Crippen molar-refractivity contribution in [3.05, 3.63) is 18.6 Å². The molecular weight excluding hydrogens is 174 g/mol. The first-order valence-corrected chi connectivity index (χ1v) is 4.14. The van der Waals surface area contributed by atoms with Crippen LogP contribution >= 0.6 is 11.8 Å². The molecule has 62 valence electrons. The zero-order valence-corrected chi connectivity index (χ0v) is 6.93. The molecule has 2 rings (SSSR count). The van der Waals surface area contributed by atoms with E-state index in [0.717, 1.165) is 10.3 Å². The predicted octanol–water partition coefficient (Wildman–Crippen LogP) is 0.866. The fourth-order valence-corrected chi connectivity index (χ4v) is 1.46. The summed E-state index contributed by atoms with van der Waals surface area (Å²) >= 11 is 1.40. The van der Waals surface area contributed by atoms with Gasteiger partial charge in [0.2, 0.25) is 0 Å². The number of anilines is 1. The Morgan fingerprint density at radius 3 is 2.83 bits per heavy atom. The van der Waals surface area contributed by atoms with Crippen molar-refractivity contribution in [1.82, 2.24) is 19.9 Å². The molecular formula is C6H7N5S. The largest absolute Gasteiger partial charge is 0.384 e. The molecule has 0 spiro atoms. The Hall–Kier alpha value is -1.43. The Kier molecular flexibility index (Phi) is 1.75. The van der Waals surface area contributed by atoms with Gasteiger partial charge in [-0.25, -0.2) is 9.97 Å².